The Balaban J connectivity index is 3.22. The maximum atomic E-state index is 8.28. The van der Waals surface area contributed by atoms with Crippen LogP contribution in [0.25, 0.3) is 0 Å². The molecule has 2 nitrogen and oxygen atoms in total. The van der Waals surface area contributed by atoms with Crippen molar-refractivity contribution >= 4 is 0 Å². The van der Waals surface area contributed by atoms with Gasteiger partial charge in [-0.15, -0.1) is 0 Å². The summed E-state index contributed by atoms with van der Waals surface area (Å²) >= 11 is 0. The summed E-state index contributed by atoms with van der Waals surface area (Å²) in [6.07, 6.45) is 1.44. The molecule has 0 heterocycles. The van der Waals surface area contributed by atoms with Crippen molar-refractivity contribution in [3.05, 3.63) is 11.8 Å². The zero-order chi connectivity index (χ0) is 4.99. The predicted octanol–water partition coefficient (Wildman–Crippen LogP) is 0.440. The van der Waals surface area contributed by atoms with Gasteiger partial charge in [0.05, 0.1) is 6.61 Å². The third-order valence-electron chi connectivity index (χ3n) is 0.495. The second kappa shape index (κ2) is 2.72. The first-order chi connectivity index (χ1) is 2.81. The molecule has 2 N–H and O–H groups in total. The molecule has 0 bridgehead atoms. The van der Waals surface area contributed by atoms with Gasteiger partial charge < -0.3 is 10.2 Å². The summed E-state index contributed by atoms with van der Waals surface area (Å²) in [6, 6.07) is 0. The lowest BCUT2D eigenvalue weighted by Crippen LogP contribution is -1.84. The van der Waals surface area contributed by atoms with Gasteiger partial charge in [-0.25, -0.2) is 0 Å². The summed E-state index contributed by atoms with van der Waals surface area (Å²) in [5.74, 6) is 0.0231. The summed E-state index contributed by atoms with van der Waals surface area (Å²) < 4.78 is 0. The van der Waals surface area contributed by atoms with Crippen LogP contribution in [0.3, 0.4) is 0 Å². The Labute approximate surface area is 36.7 Å². The van der Waals surface area contributed by atoms with Gasteiger partial charge in [-0.05, 0) is 13.0 Å². The molecule has 0 spiro atoms. The minimum atomic E-state index is -0.253. The maximum absolute atomic E-state index is 8.28. The van der Waals surface area contributed by atoms with E-state index in [9.17, 15) is 0 Å². The lowest BCUT2D eigenvalue weighted by Gasteiger charge is -1.84. The van der Waals surface area contributed by atoms with Crippen LogP contribution in [0.5, 0.6) is 0 Å². The Morgan fingerprint density at radius 3 is 2.33 bits per heavy atom. The molecular formula is C4H8O2. The summed E-state index contributed by atoms with van der Waals surface area (Å²) in [5, 5.41) is 16.3. The highest BCUT2D eigenvalue weighted by Crippen LogP contribution is 1.79. The Hall–Kier alpha value is -0.500. The molecule has 6 heavy (non-hydrogen) atoms. The largest absolute Gasteiger partial charge is 0.510 e. The molecule has 0 aromatic heterocycles. The number of allylic oxidation sites excluding steroid dienone is 1. The zero-order valence-electron chi connectivity index (χ0n) is 3.68. The van der Waals surface area contributed by atoms with Crippen molar-refractivity contribution in [1.29, 1.82) is 0 Å². The molecule has 0 amide bonds. The van der Waals surface area contributed by atoms with Crippen LogP contribution < -0.4 is 0 Å². The van der Waals surface area contributed by atoms with Gasteiger partial charge >= 0.3 is 0 Å². The number of aliphatic hydroxyl groups excluding tert-OH is 2. The van der Waals surface area contributed by atoms with Gasteiger partial charge in [0.1, 0.15) is 5.76 Å². The standard InChI is InChI=1S/C4H8O2/c1-2-4(6)3-5/h2,5-6H,3H2,1H3. The Morgan fingerprint density at radius 1 is 1.83 bits per heavy atom. The van der Waals surface area contributed by atoms with Crippen molar-refractivity contribution in [2.45, 2.75) is 6.92 Å². The summed E-state index contributed by atoms with van der Waals surface area (Å²) in [5.41, 5.74) is 0. The molecule has 0 aliphatic rings. The van der Waals surface area contributed by atoms with Gasteiger partial charge in [-0.1, -0.05) is 0 Å². The number of rotatable bonds is 1. The smallest absolute Gasteiger partial charge is 0.113 e. The first-order valence-corrected chi connectivity index (χ1v) is 1.76. The predicted molar refractivity (Wildman–Crippen MR) is 23.5 cm³/mol. The highest BCUT2D eigenvalue weighted by Gasteiger charge is 1.77. The van der Waals surface area contributed by atoms with Crippen LogP contribution in [-0.4, -0.2) is 16.8 Å². The summed E-state index contributed by atoms with van der Waals surface area (Å²) in [7, 11) is 0. The van der Waals surface area contributed by atoms with E-state index in [1.807, 2.05) is 0 Å². The van der Waals surface area contributed by atoms with Crippen molar-refractivity contribution in [3.8, 4) is 0 Å². The van der Waals surface area contributed by atoms with Gasteiger partial charge in [0.25, 0.3) is 0 Å². The molecule has 0 rings (SSSR count). The topological polar surface area (TPSA) is 40.5 Å². The molecule has 0 fully saturated rings. The highest BCUT2D eigenvalue weighted by atomic mass is 16.3. The Kier molecular flexibility index (Phi) is 2.50. The second-order valence-corrected chi connectivity index (χ2v) is 0.938. The van der Waals surface area contributed by atoms with E-state index in [2.05, 4.69) is 0 Å². The van der Waals surface area contributed by atoms with Gasteiger partial charge in [-0.3, -0.25) is 0 Å². The van der Waals surface area contributed by atoms with E-state index in [0.717, 1.165) is 0 Å². The average Bonchev–Trinajstić information content (AvgIpc) is 1.65. The first-order valence-electron chi connectivity index (χ1n) is 1.76. The van der Waals surface area contributed by atoms with Crippen molar-refractivity contribution in [2.75, 3.05) is 6.61 Å². The third-order valence-corrected chi connectivity index (χ3v) is 0.495. The molecule has 0 aliphatic heterocycles. The molecule has 2 heteroatoms. The molecule has 0 aromatic rings. The van der Waals surface area contributed by atoms with Gasteiger partial charge in [0.15, 0.2) is 0 Å². The Bertz CT molecular complexity index is 56.6. The van der Waals surface area contributed by atoms with E-state index in [-0.39, 0.29) is 12.4 Å². The SMILES string of the molecule is CC=C(O)CO. The van der Waals surface area contributed by atoms with Crippen molar-refractivity contribution in [2.24, 2.45) is 0 Å². The lowest BCUT2D eigenvalue weighted by molar-refractivity contribution is 0.253. The van der Waals surface area contributed by atoms with Crippen LogP contribution in [0.4, 0.5) is 0 Å². The third kappa shape index (κ3) is 1.79. The summed E-state index contributed by atoms with van der Waals surface area (Å²) in [6.45, 7) is 1.40. The van der Waals surface area contributed by atoms with Gasteiger partial charge in [0, 0.05) is 0 Å². The minimum absolute atomic E-state index is 0.0231. The van der Waals surface area contributed by atoms with Gasteiger partial charge in [0.2, 0.25) is 0 Å². The average molecular weight is 88.1 g/mol. The highest BCUT2D eigenvalue weighted by molar-refractivity contribution is 4.85. The van der Waals surface area contributed by atoms with E-state index < -0.39 is 0 Å². The molecule has 36 valence electrons. The maximum Gasteiger partial charge on any atom is 0.113 e. The van der Waals surface area contributed by atoms with E-state index in [4.69, 9.17) is 10.2 Å². The van der Waals surface area contributed by atoms with Crippen LogP contribution >= 0.6 is 0 Å². The molecule has 0 aliphatic carbocycles. The quantitative estimate of drug-likeness (QED) is 0.456. The first kappa shape index (κ1) is 5.50. The second-order valence-electron chi connectivity index (χ2n) is 0.938. The fraction of sp³-hybridized carbons (Fsp3) is 0.500. The van der Waals surface area contributed by atoms with E-state index >= 15 is 0 Å². The fourth-order valence-electron chi connectivity index (χ4n) is 0.0913. The van der Waals surface area contributed by atoms with Gasteiger partial charge in [-0.2, -0.15) is 0 Å². The molecule has 0 saturated carbocycles. The molecular weight excluding hydrogens is 80.0 g/mol. The Morgan fingerprint density at radius 2 is 2.33 bits per heavy atom. The number of hydrogen-bond acceptors (Lipinski definition) is 2. The fourth-order valence-corrected chi connectivity index (χ4v) is 0.0913. The van der Waals surface area contributed by atoms with Crippen LogP contribution in [-0.2, 0) is 0 Å². The monoisotopic (exact) mass is 88.1 g/mol. The minimum Gasteiger partial charge on any atom is -0.510 e. The normalized spacial score (nSPS) is 12.0. The number of hydrogen-bond donors (Lipinski definition) is 2. The molecule has 0 radical (unpaired) electrons. The van der Waals surface area contributed by atoms with Crippen LogP contribution in [0.2, 0.25) is 0 Å². The van der Waals surface area contributed by atoms with Crippen LogP contribution in [0.1, 0.15) is 6.92 Å². The van der Waals surface area contributed by atoms with E-state index in [1.54, 1.807) is 6.92 Å². The molecule has 0 atom stereocenters. The van der Waals surface area contributed by atoms with Crippen molar-refractivity contribution in [3.63, 3.8) is 0 Å². The number of aliphatic hydroxyl groups is 2. The van der Waals surface area contributed by atoms with E-state index in [1.165, 1.54) is 6.08 Å². The van der Waals surface area contributed by atoms with Crippen LogP contribution in [0, 0.1) is 0 Å². The molecule has 0 saturated heterocycles. The lowest BCUT2D eigenvalue weighted by atomic mass is 10.5. The molecule has 0 aromatic carbocycles. The van der Waals surface area contributed by atoms with Crippen molar-refractivity contribution < 1.29 is 10.2 Å². The van der Waals surface area contributed by atoms with Crippen molar-refractivity contribution in [1.82, 2.24) is 0 Å². The zero-order valence-corrected chi connectivity index (χ0v) is 3.68. The summed E-state index contributed by atoms with van der Waals surface area (Å²) in [4.78, 5) is 0. The van der Waals surface area contributed by atoms with E-state index in [0.29, 0.717) is 0 Å². The van der Waals surface area contributed by atoms with Crippen LogP contribution in [0.15, 0.2) is 11.8 Å². The molecule has 0 unspecified atom stereocenters.